The molecule has 0 unspecified atom stereocenters. The Labute approximate surface area is 82.1 Å². The summed E-state index contributed by atoms with van der Waals surface area (Å²) in [5.74, 6) is 0. The minimum atomic E-state index is -4.39. The van der Waals surface area contributed by atoms with Gasteiger partial charge in [-0.25, -0.2) is 4.79 Å². The van der Waals surface area contributed by atoms with Gasteiger partial charge in [-0.05, 0) is 18.2 Å². The number of aromatic amines is 1. The molecule has 0 saturated carbocycles. The quantitative estimate of drug-likeness (QED) is 0.717. The molecule has 0 radical (unpaired) electrons. The van der Waals surface area contributed by atoms with Gasteiger partial charge >= 0.3 is 11.9 Å². The molecule has 0 atom stereocenters. The van der Waals surface area contributed by atoms with E-state index in [0.717, 1.165) is 16.7 Å². The van der Waals surface area contributed by atoms with E-state index >= 15 is 0 Å². The number of H-pyrrole nitrogens is 1. The van der Waals surface area contributed by atoms with Gasteiger partial charge in [0.05, 0.1) is 16.6 Å². The average molecular weight is 216 g/mol. The molecule has 1 aromatic heterocycles. The van der Waals surface area contributed by atoms with Crippen LogP contribution in [0.3, 0.4) is 0 Å². The first-order valence-corrected chi connectivity index (χ1v) is 4.15. The summed E-state index contributed by atoms with van der Waals surface area (Å²) in [5, 5.41) is 0. The lowest BCUT2D eigenvalue weighted by Crippen LogP contribution is -2.12. The number of hydrogen-bond donors (Lipinski definition) is 1. The smallest absolute Gasteiger partial charge is 0.306 e. The fourth-order valence-corrected chi connectivity index (χ4v) is 1.40. The summed E-state index contributed by atoms with van der Waals surface area (Å²) in [6.45, 7) is 0. The third-order valence-corrected chi connectivity index (χ3v) is 2.23. The van der Waals surface area contributed by atoms with Crippen molar-refractivity contribution in [2.24, 2.45) is 7.05 Å². The molecule has 0 fully saturated rings. The number of halogens is 3. The van der Waals surface area contributed by atoms with Crippen LogP contribution in [0.1, 0.15) is 5.56 Å². The number of benzene rings is 1. The highest BCUT2D eigenvalue weighted by molar-refractivity contribution is 5.76. The van der Waals surface area contributed by atoms with Crippen LogP contribution < -0.4 is 5.69 Å². The molecule has 0 amide bonds. The lowest BCUT2D eigenvalue weighted by atomic mass is 10.2. The van der Waals surface area contributed by atoms with Crippen molar-refractivity contribution in [1.82, 2.24) is 9.55 Å². The van der Waals surface area contributed by atoms with Crippen LogP contribution >= 0.6 is 0 Å². The van der Waals surface area contributed by atoms with Crippen LogP contribution in [0.25, 0.3) is 11.0 Å². The summed E-state index contributed by atoms with van der Waals surface area (Å²) >= 11 is 0. The molecule has 0 aliphatic carbocycles. The molecular weight excluding hydrogens is 209 g/mol. The zero-order chi connectivity index (χ0) is 11.2. The van der Waals surface area contributed by atoms with Crippen molar-refractivity contribution in [3.05, 3.63) is 34.2 Å². The molecular formula is C9H7F3N2O. The lowest BCUT2D eigenvalue weighted by molar-refractivity contribution is -0.137. The Morgan fingerprint density at radius 1 is 1.33 bits per heavy atom. The van der Waals surface area contributed by atoms with Crippen molar-refractivity contribution in [2.75, 3.05) is 0 Å². The minimum Gasteiger partial charge on any atom is -0.306 e. The zero-order valence-electron chi connectivity index (χ0n) is 7.72. The van der Waals surface area contributed by atoms with Gasteiger partial charge in [0.1, 0.15) is 0 Å². The van der Waals surface area contributed by atoms with Gasteiger partial charge in [0.25, 0.3) is 0 Å². The van der Waals surface area contributed by atoms with Crippen LogP contribution in [0.15, 0.2) is 23.0 Å². The van der Waals surface area contributed by atoms with Crippen LogP contribution in [0.5, 0.6) is 0 Å². The number of rotatable bonds is 0. The monoisotopic (exact) mass is 216 g/mol. The van der Waals surface area contributed by atoms with Crippen molar-refractivity contribution < 1.29 is 13.2 Å². The van der Waals surface area contributed by atoms with Gasteiger partial charge in [-0.3, -0.25) is 4.57 Å². The molecule has 0 aliphatic heterocycles. The Bertz CT molecular complexity index is 565. The number of nitrogens with one attached hydrogen (secondary N) is 1. The number of fused-ring (bicyclic) bond motifs is 1. The van der Waals surface area contributed by atoms with Crippen molar-refractivity contribution in [3.8, 4) is 0 Å². The zero-order valence-corrected chi connectivity index (χ0v) is 7.72. The second-order valence-corrected chi connectivity index (χ2v) is 3.22. The summed E-state index contributed by atoms with van der Waals surface area (Å²) in [5.41, 5.74) is -0.542. The fraction of sp³-hybridized carbons (Fsp3) is 0.222. The molecule has 2 aromatic rings. The predicted molar refractivity (Wildman–Crippen MR) is 48.5 cm³/mol. The van der Waals surface area contributed by atoms with Crippen molar-refractivity contribution >= 4 is 11.0 Å². The van der Waals surface area contributed by atoms with E-state index in [-0.39, 0.29) is 5.52 Å². The largest absolute Gasteiger partial charge is 0.416 e. The molecule has 0 saturated heterocycles. The Balaban J connectivity index is 2.75. The van der Waals surface area contributed by atoms with Crippen LogP contribution in [0.2, 0.25) is 0 Å². The van der Waals surface area contributed by atoms with E-state index in [4.69, 9.17) is 0 Å². The maximum absolute atomic E-state index is 12.4. The van der Waals surface area contributed by atoms with E-state index in [0.29, 0.717) is 5.52 Å². The highest BCUT2D eigenvalue weighted by Gasteiger charge is 2.30. The van der Waals surface area contributed by atoms with Gasteiger partial charge < -0.3 is 4.98 Å². The summed E-state index contributed by atoms with van der Waals surface area (Å²) in [6, 6.07) is 3.14. The maximum atomic E-state index is 12.4. The van der Waals surface area contributed by atoms with Gasteiger partial charge in [-0.15, -0.1) is 0 Å². The highest BCUT2D eigenvalue weighted by atomic mass is 19.4. The summed E-state index contributed by atoms with van der Waals surface area (Å²) in [4.78, 5) is 13.6. The SMILES string of the molecule is Cn1c(=O)[nH]c2ccc(C(F)(F)F)cc21. The topological polar surface area (TPSA) is 37.8 Å². The molecule has 15 heavy (non-hydrogen) atoms. The first-order chi connectivity index (χ1) is 6.89. The van der Waals surface area contributed by atoms with Gasteiger partial charge in [0.15, 0.2) is 0 Å². The Hall–Kier alpha value is -1.72. The van der Waals surface area contributed by atoms with Crippen molar-refractivity contribution in [2.45, 2.75) is 6.18 Å². The van der Waals surface area contributed by atoms with Crippen LogP contribution in [0, 0.1) is 0 Å². The van der Waals surface area contributed by atoms with Crippen molar-refractivity contribution in [1.29, 1.82) is 0 Å². The van der Waals surface area contributed by atoms with Gasteiger partial charge in [-0.2, -0.15) is 13.2 Å². The van der Waals surface area contributed by atoms with Crippen molar-refractivity contribution in [3.63, 3.8) is 0 Å². The van der Waals surface area contributed by atoms with E-state index in [1.54, 1.807) is 0 Å². The van der Waals surface area contributed by atoms with E-state index in [1.165, 1.54) is 13.1 Å². The van der Waals surface area contributed by atoms with E-state index in [1.807, 2.05) is 0 Å². The summed E-state index contributed by atoms with van der Waals surface area (Å²) in [7, 11) is 1.42. The summed E-state index contributed by atoms with van der Waals surface area (Å²) < 4.78 is 38.2. The highest BCUT2D eigenvalue weighted by Crippen LogP contribution is 2.30. The first-order valence-electron chi connectivity index (χ1n) is 4.15. The Kier molecular flexibility index (Phi) is 1.89. The number of aromatic nitrogens is 2. The molecule has 0 aliphatic rings. The number of aryl methyl sites for hydroxylation is 1. The van der Waals surface area contributed by atoms with Crippen LogP contribution in [-0.2, 0) is 13.2 Å². The fourth-order valence-electron chi connectivity index (χ4n) is 1.40. The van der Waals surface area contributed by atoms with Gasteiger partial charge in [0, 0.05) is 7.05 Å². The maximum Gasteiger partial charge on any atom is 0.416 e. The van der Waals surface area contributed by atoms with E-state index in [2.05, 4.69) is 4.98 Å². The number of imidazole rings is 1. The second-order valence-electron chi connectivity index (χ2n) is 3.22. The Morgan fingerprint density at radius 3 is 2.60 bits per heavy atom. The van der Waals surface area contributed by atoms with E-state index < -0.39 is 17.4 Å². The first kappa shape index (κ1) is 9.82. The third kappa shape index (κ3) is 1.51. The lowest BCUT2D eigenvalue weighted by Gasteiger charge is -2.06. The second kappa shape index (κ2) is 2.88. The minimum absolute atomic E-state index is 0.245. The number of nitrogens with zero attached hydrogens (tertiary/aromatic N) is 1. The molecule has 1 N–H and O–H groups in total. The van der Waals surface area contributed by atoms with Crippen LogP contribution in [0.4, 0.5) is 13.2 Å². The normalized spacial score (nSPS) is 12.3. The molecule has 0 spiro atoms. The predicted octanol–water partition coefficient (Wildman–Crippen LogP) is 1.89. The number of hydrogen-bond acceptors (Lipinski definition) is 1. The Morgan fingerprint density at radius 2 is 2.00 bits per heavy atom. The molecule has 1 heterocycles. The molecule has 80 valence electrons. The average Bonchev–Trinajstić information content (AvgIpc) is 2.41. The summed E-state index contributed by atoms with van der Waals surface area (Å²) in [6.07, 6.45) is -4.39. The van der Waals surface area contributed by atoms with Gasteiger partial charge in [-0.1, -0.05) is 0 Å². The van der Waals surface area contributed by atoms with E-state index in [9.17, 15) is 18.0 Å². The molecule has 0 bridgehead atoms. The molecule has 3 nitrogen and oxygen atoms in total. The standard InChI is InChI=1S/C9H7F3N2O/c1-14-7-4-5(9(10,11)12)2-3-6(7)13-8(14)15/h2-4H,1H3,(H,13,15). The van der Waals surface area contributed by atoms with Crippen LogP contribution in [-0.4, -0.2) is 9.55 Å². The third-order valence-electron chi connectivity index (χ3n) is 2.23. The molecule has 1 aromatic carbocycles. The number of alkyl halides is 3. The molecule has 6 heteroatoms. The van der Waals surface area contributed by atoms with Gasteiger partial charge in [0.2, 0.25) is 0 Å². The molecule has 2 rings (SSSR count).